The highest BCUT2D eigenvalue weighted by Gasteiger charge is 2.18. The molecule has 0 amide bonds. The predicted octanol–water partition coefficient (Wildman–Crippen LogP) is 2.40. The number of benzene rings is 2. The second-order valence-corrected chi connectivity index (χ2v) is 6.63. The van der Waals surface area contributed by atoms with E-state index in [1.165, 1.54) is 30.3 Å². The van der Waals surface area contributed by atoms with Gasteiger partial charge < -0.3 is 14.0 Å². The maximum Gasteiger partial charge on any atom is 0.339 e. The lowest BCUT2D eigenvalue weighted by Crippen LogP contribution is -2.10. The van der Waals surface area contributed by atoms with Crippen LogP contribution in [0.4, 0.5) is 0 Å². The monoisotopic (exact) mass is 347 g/mol. The molecule has 0 unspecified atom stereocenters. The molecule has 1 N–H and O–H groups in total. The van der Waals surface area contributed by atoms with E-state index in [2.05, 4.69) is 0 Å². The van der Waals surface area contributed by atoms with Gasteiger partial charge in [0.05, 0.1) is 18.2 Å². The van der Waals surface area contributed by atoms with Crippen LogP contribution < -0.4 is 8.92 Å². The number of ether oxygens (including phenoxy) is 1. The van der Waals surface area contributed by atoms with Gasteiger partial charge in [-0.3, -0.25) is 0 Å². The van der Waals surface area contributed by atoms with Crippen LogP contribution in [0.2, 0.25) is 0 Å². The molecule has 2 aromatic rings. The first-order valence-electron chi connectivity index (χ1n) is 7.24. The Kier molecular flexibility index (Phi) is 5.79. The lowest BCUT2D eigenvalue weighted by molar-refractivity contribution is 0.233. The number of hydrogen-bond donors (Lipinski definition) is 1. The molecule has 7 heteroatoms. The van der Waals surface area contributed by atoms with Crippen molar-refractivity contribution in [3.05, 3.63) is 53.6 Å². The Morgan fingerprint density at radius 3 is 2.62 bits per heavy atom. The van der Waals surface area contributed by atoms with Gasteiger partial charge in [0.15, 0.2) is 0 Å². The molecule has 0 aliphatic carbocycles. The minimum absolute atomic E-state index is 0.0127. The molecule has 0 radical (unpaired) electrons. The Bertz CT molecular complexity index is 856. The Hall–Kier alpha value is -2.56. The molecule has 0 spiro atoms. The van der Waals surface area contributed by atoms with Crippen LogP contribution in [0.15, 0.2) is 47.4 Å². The summed E-state index contributed by atoms with van der Waals surface area (Å²) in [5.74, 6) is 0.579. The number of aryl methyl sites for hydroxylation is 1. The molecular formula is C17H17NO5S. The highest BCUT2D eigenvalue weighted by atomic mass is 32.2. The topological polar surface area (TPSA) is 96.6 Å². The smallest absolute Gasteiger partial charge is 0.339 e. The molecule has 0 heterocycles. The third kappa shape index (κ3) is 4.72. The Labute approximate surface area is 141 Å². The zero-order chi connectivity index (χ0) is 17.6. The quantitative estimate of drug-likeness (QED) is 0.610. The predicted molar refractivity (Wildman–Crippen MR) is 87.3 cm³/mol. The molecule has 0 aliphatic heterocycles. The van der Waals surface area contributed by atoms with E-state index < -0.39 is 10.1 Å². The van der Waals surface area contributed by atoms with E-state index in [9.17, 15) is 8.42 Å². The van der Waals surface area contributed by atoms with E-state index >= 15 is 0 Å². The van der Waals surface area contributed by atoms with Gasteiger partial charge in [-0.05, 0) is 42.8 Å². The lowest BCUT2D eigenvalue weighted by Gasteiger charge is -2.11. The van der Waals surface area contributed by atoms with E-state index in [4.69, 9.17) is 19.3 Å². The highest BCUT2D eigenvalue weighted by molar-refractivity contribution is 7.87. The van der Waals surface area contributed by atoms with E-state index in [0.717, 1.165) is 5.56 Å². The second kappa shape index (κ2) is 7.81. The standard InChI is InChI=1S/C17H17NO5S/c1-13-8-15(22-7-3-6-19)11-16(9-13)23-24(20,21)17-5-2-4-14(10-17)12-18/h2,4-5,8-11,19H,3,6-7H2,1H3. The number of aliphatic hydroxyl groups excluding tert-OH is 1. The summed E-state index contributed by atoms with van der Waals surface area (Å²) in [6.45, 7) is 2.11. The highest BCUT2D eigenvalue weighted by Crippen LogP contribution is 2.26. The first-order chi connectivity index (χ1) is 11.4. The molecule has 0 aromatic heterocycles. The van der Waals surface area contributed by atoms with Crippen LogP contribution in [0.5, 0.6) is 11.5 Å². The second-order valence-electron chi connectivity index (χ2n) is 5.08. The first kappa shape index (κ1) is 17.8. The van der Waals surface area contributed by atoms with Crippen LogP contribution in [-0.2, 0) is 10.1 Å². The van der Waals surface area contributed by atoms with Crippen LogP contribution in [-0.4, -0.2) is 26.7 Å². The third-order valence-electron chi connectivity index (χ3n) is 3.05. The van der Waals surface area contributed by atoms with Crippen molar-refractivity contribution >= 4 is 10.1 Å². The summed E-state index contributed by atoms with van der Waals surface area (Å²) in [6, 6.07) is 12.3. The Morgan fingerprint density at radius 2 is 1.92 bits per heavy atom. The van der Waals surface area contributed by atoms with E-state index in [0.29, 0.717) is 18.8 Å². The summed E-state index contributed by atoms with van der Waals surface area (Å²) in [6.07, 6.45) is 0.476. The summed E-state index contributed by atoms with van der Waals surface area (Å²) in [5.41, 5.74) is 1.00. The molecule has 6 nitrogen and oxygen atoms in total. The molecule has 0 aliphatic rings. The zero-order valence-electron chi connectivity index (χ0n) is 13.1. The fourth-order valence-electron chi connectivity index (χ4n) is 2.00. The van der Waals surface area contributed by atoms with Crippen molar-refractivity contribution in [2.24, 2.45) is 0 Å². The Morgan fingerprint density at radius 1 is 1.17 bits per heavy atom. The van der Waals surface area contributed by atoms with Crippen molar-refractivity contribution in [1.29, 1.82) is 5.26 Å². The van der Waals surface area contributed by atoms with Gasteiger partial charge in [-0.25, -0.2) is 0 Å². The number of nitrogens with zero attached hydrogens (tertiary/aromatic N) is 1. The number of hydrogen-bond acceptors (Lipinski definition) is 6. The SMILES string of the molecule is Cc1cc(OCCCO)cc(OS(=O)(=O)c2cccc(C#N)c2)c1. The molecule has 2 aromatic carbocycles. The summed E-state index contributed by atoms with van der Waals surface area (Å²) in [7, 11) is -4.05. The van der Waals surface area contributed by atoms with Crippen LogP contribution in [0.3, 0.4) is 0 Å². The molecular weight excluding hydrogens is 330 g/mol. The summed E-state index contributed by atoms with van der Waals surface area (Å²) in [5, 5.41) is 17.6. The van der Waals surface area contributed by atoms with Crippen molar-refractivity contribution < 1.29 is 22.4 Å². The maximum atomic E-state index is 12.3. The van der Waals surface area contributed by atoms with Crippen LogP contribution in [0.25, 0.3) is 0 Å². The molecule has 0 saturated carbocycles. The van der Waals surface area contributed by atoms with Crippen molar-refractivity contribution in [2.75, 3.05) is 13.2 Å². The average Bonchev–Trinajstić information content (AvgIpc) is 2.54. The van der Waals surface area contributed by atoms with Gasteiger partial charge in [0.2, 0.25) is 0 Å². The Balaban J connectivity index is 2.24. The molecule has 126 valence electrons. The summed E-state index contributed by atoms with van der Waals surface area (Å²) >= 11 is 0. The average molecular weight is 347 g/mol. The van der Waals surface area contributed by atoms with Crippen LogP contribution in [0.1, 0.15) is 17.5 Å². The fourth-order valence-corrected chi connectivity index (χ4v) is 2.96. The van der Waals surface area contributed by atoms with Gasteiger partial charge in [-0.15, -0.1) is 0 Å². The first-order valence-corrected chi connectivity index (χ1v) is 8.65. The van der Waals surface area contributed by atoms with Crippen molar-refractivity contribution in [1.82, 2.24) is 0 Å². The van der Waals surface area contributed by atoms with Gasteiger partial charge >= 0.3 is 10.1 Å². The van der Waals surface area contributed by atoms with Crippen LogP contribution >= 0.6 is 0 Å². The van der Waals surface area contributed by atoms with Gasteiger partial charge in [0, 0.05) is 19.1 Å². The molecule has 24 heavy (non-hydrogen) atoms. The van der Waals surface area contributed by atoms with Crippen molar-refractivity contribution in [3.8, 4) is 17.6 Å². The molecule has 2 rings (SSSR count). The summed E-state index contributed by atoms with van der Waals surface area (Å²) < 4.78 is 35.3. The zero-order valence-corrected chi connectivity index (χ0v) is 13.9. The fraction of sp³-hybridized carbons (Fsp3) is 0.235. The lowest BCUT2D eigenvalue weighted by atomic mass is 10.2. The molecule has 0 atom stereocenters. The minimum Gasteiger partial charge on any atom is -0.493 e. The maximum absolute atomic E-state index is 12.3. The van der Waals surface area contributed by atoms with E-state index in [1.54, 1.807) is 19.1 Å². The number of rotatable bonds is 7. The van der Waals surface area contributed by atoms with Crippen molar-refractivity contribution in [2.45, 2.75) is 18.2 Å². The largest absolute Gasteiger partial charge is 0.493 e. The molecule has 0 fully saturated rings. The number of nitriles is 1. The number of aliphatic hydroxyl groups is 1. The third-order valence-corrected chi connectivity index (χ3v) is 4.30. The van der Waals surface area contributed by atoms with Crippen LogP contribution in [0, 0.1) is 18.3 Å². The molecule has 0 saturated heterocycles. The van der Waals surface area contributed by atoms with Gasteiger partial charge in [0.1, 0.15) is 16.4 Å². The van der Waals surface area contributed by atoms with E-state index in [1.807, 2.05) is 6.07 Å². The molecule has 0 bridgehead atoms. The van der Waals surface area contributed by atoms with E-state index in [-0.39, 0.29) is 22.8 Å². The normalized spacial score (nSPS) is 10.9. The van der Waals surface area contributed by atoms with Gasteiger partial charge in [-0.1, -0.05) is 6.07 Å². The van der Waals surface area contributed by atoms with Gasteiger partial charge in [0.25, 0.3) is 0 Å². The van der Waals surface area contributed by atoms with Crippen molar-refractivity contribution in [3.63, 3.8) is 0 Å². The summed E-state index contributed by atoms with van der Waals surface area (Å²) in [4.78, 5) is -0.0918. The minimum atomic E-state index is -4.05. The van der Waals surface area contributed by atoms with Gasteiger partial charge in [-0.2, -0.15) is 13.7 Å².